The van der Waals surface area contributed by atoms with Gasteiger partial charge in [0.2, 0.25) is 0 Å². The van der Waals surface area contributed by atoms with Crippen LogP contribution in [0.25, 0.3) is 10.9 Å². The fourth-order valence-corrected chi connectivity index (χ4v) is 1.97. The van der Waals surface area contributed by atoms with Crippen LogP contribution in [0.1, 0.15) is 11.3 Å². The number of para-hydroxylation sites is 1. The van der Waals surface area contributed by atoms with E-state index in [9.17, 15) is 4.79 Å². The highest BCUT2D eigenvalue weighted by Crippen LogP contribution is 2.09. The second-order valence-electron chi connectivity index (χ2n) is 4.49. The maximum absolute atomic E-state index is 12.3. The van der Waals surface area contributed by atoms with Crippen LogP contribution in [0.4, 0.5) is 0 Å². The van der Waals surface area contributed by atoms with Crippen molar-refractivity contribution in [2.45, 2.75) is 13.5 Å². The van der Waals surface area contributed by atoms with Gasteiger partial charge in [-0.3, -0.25) is 4.79 Å². The molecular formula is C13H17N2O+. The molecule has 1 heterocycles. The molecule has 0 aliphatic carbocycles. The van der Waals surface area contributed by atoms with Gasteiger partial charge in [0.1, 0.15) is 6.54 Å². The Balaban J connectivity index is 2.71. The number of pyridine rings is 1. The first-order valence-corrected chi connectivity index (χ1v) is 5.49. The highest BCUT2D eigenvalue weighted by atomic mass is 16.1. The Kier molecular flexibility index (Phi) is 2.79. The molecule has 0 aliphatic heterocycles. The molecule has 0 aliphatic rings. The van der Waals surface area contributed by atoms with Crippen LogP contribution in [-0.4, -0.2) is 19.1 Å². The molecule has 0 amide bonds. The summed E-state index contributed by atoms with van der Waals surface area (Å²) in [6.07, 6.45) is 0. The first-order valence-electron chi connectivity index (χ1n) is 5.49. The van der Waals surface area contributed by atoms with Gasteiger partial charge in [0, 0.05) is 16.6 Å². The number of quaternary nitrogens is 1. The van der Waals surface area contributed by atoms with E-state index in [4.69, 9.17) is 0 Å². The Morgan fingerprint density at radius 3 is 2.62 bits per heavy atom. The Bertz CT molecular complexity index is 570. The first-order chi connectivity index (χ1) is 7.59. The summed E-state index contributed by atoms with van der Waals surface area (Å²) in [5.41, 5.74) is 2.94. The summed E-state index contributed by atoms with van der Waals surface area (Å²) in [5, 5.41) is 0.782. The number of aromatic amines is 1. The third-order valence-corrected chi connectivity index (χ3v) is 2.75. The molecule has 84 valence electrons. The highest BCUT2D eigenvalue weighted by molar-refractivity contribution is 5.79. The highest BCUT2D eigenvalue weighted by Gasteiger charge is 2.11. The second kappa shape index (κ2) is 4.10. The maximum Gasteiger partial charge on any atom is 0.198 e. The number of aryl methyl sites for hydroxylation is 1. The molecule has 3 nitrogen and oxygen atoms in total. The number of hydrogen-bond donors (Lipinski definition) is 2. The zero-order valence-corrected chi connectivity index (χ0v) is 9.92. The fraction of sp³-hybridized carbons (Fsp3) is 0.308. The van der Waals surface area contributed by atoms with Crippen molar-refractivity contribution >= 4 is 10.9 Å². The molecular weight excluding hydrogens is 200 g/mol. The zero-order valence-electron chi connectivity index (χ0n) is 9.92. The van der Waals surface area contributed by atoms with Gasteiger partial charge in [0.05, 0.1) is 19.7 Å². The van der Waals surface area contributed by atoms with Gasteiger partial charge in [0.25, 0.3) is 0 Å². The number of fused-ring (bicyclic) bond motifs is 1. The molecule has 0 spiro atoms. The van der Waals surface area contributed by atoms with Gasteiger partial charge in [-0.25, -0.2) is 0 Å². The van der Waals surface area contributed by atoms with Gasteiger partial charge in [-0.1, -0.05) is 12.1 Å². The van der Waals surface area contributed by atoms with Crippen LogP contribution in [0.5, 0.6) is 0 Å². The molecule has 0 bridgehead atoms. The van der Waals surface area contributed by atoms with Crippen LogP contribution in [0.3, 0.4) is 0 Å². The maximum atomic E-state index is 12.3. The van der Waals surface area contributed by atoms with E-state index in [1.165, 1.54) is 4.90 Å². The van der Waals surface area contributed by atoms with Crippen molar-refractivity contribution in [3.63, 3.8) is 0 Å². The van der Waals surface area contributed by atoms with Crippen LogP contribution in [0.15, 0.2) is 29.1 Å². The fourth-order valence-electron chi connectivity index (χ4n) is 1.97. The van der Waals surface area contributed by atoms with Crippen molar-refractivity contribution in [2.75, 3.05) is 14.1 Å². The molecule has 0 unspecified atom stereocenters. The van der Waals surface area contributed by atoms with Crippen LogP contribution in [0.2, 0.25) is 0 Å². The molecule has 0 saturated heterocycles. The molecule has 16 heavy (non-hydrogen) atoms. The quantitative estimate of drug-likeness (QED) is 0.754. The van der Waals surface area contributed by atoms with E-state index in [0.29, 0.717) is 0 Å². The van der Waals surface area contributed by atoms with Crippen molar-refractivity contribution in [1.82, 2.24) is 4.98 Å². The minimum absolute atomic E-state index is 0.160. The Morgan fingerprint density at radius 2 is 1.94 bits per heavy atom. The van der Waals surface area contributed by atoms with E-state index in [0.717, 1.165) is 28.7 Å². The second-order valence-corrected chi connectivity index (χ2v) is 4.49. The third kappa shape index (κ3) is 1.86. The van der Waals surface area contributed by atoms with E-state index < -0.39 is 0 Å². The smallest absolute Gasteiger partial charge is 0.198 e. The van der Waals surface area contributed by atoms with Crippen LogP contribution in [-0.2, 0) is 6.54 Å². The average molecular weight is 217 g/mol. The lowest BCUT2D eigenvalue weighted by molar-refractivity contribution is -0.872. The summed E-state index contributed by atoms with van der Waals surface area (Å²) in [5.74, 6) is 0. The Hall–Kier alpha value is -1.61. The standard InChI is InChI=1S/C13H16N2O/c1-9-11(8-15(2)3)13(16)10-6-4-5-7-12(10)14-9/h4-7H,8H2,1-3H3,(H,14,16)/p+1. The van der Waals surface area contributed by atoms with Crippen LogP contribution in [0, 0.1) is 6.92 Å². The zero-order chi connectivity index (χ0) is 11.7. The van der Waals surface area contributed by atoms with Crippen LogP contribution >= 0.6 is 0 Å². The molecule has 0 atom stereocenters. The third-order valence-electron chi connectivity index (χ3n) is 2.75. The van der Waals surface area contributed by atoms with Gasteiger partial charge >= 0.3 is 0 Å². The van der Waals surface area contributed by atoms with Gasteiger partial charge in [0.15, 0.2) is 5.43 Å². The normalized spacial score (nSPS) is 11.2. The number of hydrogen-bond acceptors (Lipinski definition) is 1. The Morgan fingerprint density at radius 1 is 1.25 bits per heavy atom. The van der Waals surface area contributed by atoms with Gasteiger partial charge in [-0.15, -0.1) is 0 Å². The SMILES string of the molecule is Cc1[nH]c2ccccc2c(=O)c1C[NH+](C)C. The van der Waals surface area contributed by atoms with Crippen molar-refractivity contribution in [3.8, 4) is 0 Å². The lowest BCUT2D eigenvalue weighted by atomic mass is 10.1. The molecule has 2 N–H and O–H groups in total. The minimum Gasteiger partial charge on any atom is -0.358 e. The topological polar surface area (TPSA) is 37.3 Å². The number of rotatable bonds is 2. The predicted octanol–water partition coefficient (Wildman–Crippen LogP) is 0.481. The van der Waals surface area contributed by atoms with E-state index in [2.05, 4.69) is 4.98 Å². The molecule has 1 aromatic heterocycles. The molecule has 2 aromatic rings. The summed E-state index contributed by atoms with van der Waals surface area (Å²) in [7, 11) is 4.10. The van der Waals surface area contributed by atoms with Crippen molar-refractivity contribution in [1.29, 1.82) is 0 Å². The van der Waals surface area contributed by atoms with Crippen molar-refractivity contribution in [3.05, 3.63) is 45.7 Å². The monoisotopic (exact) mass is 217 g/mol. The molecule has 1 aromatic carbocycles. The van der Waals surface area contributed by atoms with E-state index in [-0.39, 0.29) is 5.43 Å². The molecule has 0 saturated carbocycles. The number of H-pyrrole nitrogens is 1. The van der Waals surface area contributed by atoms with Gasteiger partial charge < -0.3 is 9.88 Å². The van der Waals surface area contributed by atoms with Crippen LogP contribution < -0.4 is 10.3 Å². The summed E-state index contributed by atoms with van der Waals surface area (Å²) in [6, 6.07) is 7.66. The molecule has 2 rings (SSSR count). The largest absolute Gasteiger partial charge is 0.358 e. The first kappa shape index (κ1) is 10.9. The van der Waals surface area contributed by atoms with E-state index in [1.54, 1.807) is 0 Å². The number of benzene rings is 1. The van der Waals surface area contributed by atoms with E-state index in [1.807, 2.05) is 45.3 Å². The van der Waals surface area contributed by atoms with Crippen molar-refractivity contribution < 1.29 is 4.90 Å². The lowest BCUT2D eigenvalue weighted by Gasteiger charge is -2.10. The average Bonchev–Trinajstić information content (AvgIpc) is 2.24. The summed E-state index contributed by atoms with van der Waals surface area (Å²) >= 11 is 0. The summed E-state index contributed by atoms with van der Waals surface area (Å²) in [6.45, 7) is 2.72. The molecule has 0 radical (unpaired) electrons. The Labute approximate surface area is 94.7 Å². The molecule has 3 heteroatoms. The minimum atomic E-state index is 0.160. The molecule has 0 fully saturated rings. The predicted molar refractivity (Wildman–Crippen MR) is 65.8 cm³/mol. The summed E-state index contributed by atoms with van der Waals surface area (Å²) < 4.78 is 0. The van der Waals surface area contributed by atoms with Gasteiger partial charge in [-0.05, 0) is 19.1 Å². The lowest BCUT2D eigenvalue weighted by Crippen LogP contribution is -3.04. The number of aromatic nitrogens is 1. The van der Waals surface area contributed by atoms with Crippen molar-refractivity contribution in [2.24, 2.45) is 0 Å². The number of nitrogens with one attached hydrogen (secondary N) is 2. The van der Waals surface area contributed by atoms with Gasteiger partial charge in [-0.2, -0.15) is 0 Å². The van der Waals surface area contributed by atoms with E-state index >= 15 is 0 Å². The summed E-state index contributed by atoms with van der Waals surface area (Å²) in [4.78, 5) is 16.8.